The molecule has 0 spiro atoms. The van der Waals surface area contributed by atoms with Crippen LogP contribution in [0, 0.1) is 11.3 Å². The summed E-state index contributed by atoms with van der Waals surface area (Å²) in [5, 5.41) is 8.99. The molecule has 0 aliphatic heterocycles. The lowest BCUT2D eigenvalue weighted by Crippen LogP contribution is -2.04. The van der Waals surface area contributed by atoms with Crippen LogP contribution in [-0.4, -0.2) is 11.3 Å². The van der Waals surface area contributed by atoms with Crippen molar-refractivity contribution < 1.29 is 13.6 Å². The van der Waals surface area contributed by atoms with E-state index in [-0.39, 0.29) is 22.9 Å². The molecule has 1 rings (SSSR count). The number of aromatic nitrogens is 1. The van der Waals surface area contributed by atoms with Crippen LogP contribution in [0.25, 0.3) is 0 Å². The van der Waals surface area contributed by atoms with Crippen LogP contribution in [0.3, 0.4) is 0 Å². The van der Waals surface area contributed by atoms with E-state index < -0.39 is 12.0 Å². The lowest BCUT2D eigenvalue weighted by atomic mass is 10.0. The number of nitrogens with zero attached hydrogens (tertiary/aromatic N) is 2. The Balaban J connectivity index is 3.53. The third-order valence-corrected chi connectivity index (χ3v) is 2.42. The number of aldehydes is 1. The van der Waals surface area contributed by atoms with Crippen molar-refractivity contribution >= 4 is 22.2 Å². The molecule has 0 saturated heterocycles. The maximum absolute atomic E-state index is 12.6. The highest BCUT2D eigenvalue weighted by atomic mass is 79.9. The van der Waals surface area contributed by atoms with E-state index in [4.69, 9.17) is 5.26 Å². The van der Waals surface area contributed by atoms with Gasteiger partial charge in [-0.2, -0.15) is 5.26 Å². The SMILES string of the molecule is N#Cc1c(CBr)cnc(C=O)c1C(F)F. The largest absolute Gasteiger partial charge is 0.296 e. The van der Waals surface area contributed by atoms with Crippen LogP contribution < -0.4 is 0 Å². The molecular formula is C9H5BrF2N2O. The predicted octanol–water partition coefficient (Wildman–Crippen LogP) is 2.60. The lowest BCUT2D eigenvalue weighted by molar-refractivity contribution is 0.110. The van der Waals surface area contributed by atoms with Gasteiger partial charge in [0.1, 0.15) is 11.8 Å². The van der Waals surface area contributed by atoms with Gasteiger partial charge in [0.25, 0.3) is 6.43 Å². The van der Waals surface area contributed by atoms with Crippen molar-refractivity contribution in [3.63, 3.8) is 0 Å². The molecule has 0 aromatic carbocycles. The van der Waals surface area contributed by atoms with E-state index in [0.717, 1.165) is 0 Å². The first-order chi connectivity index (χ1) is 7.15. The van der Waals surface area contributed by atoms with Crippen molar-refractivity contribution in [3.8, 4) is 6.07 Å². The molecule has 0 bridgehead atoms. The van der Waals surface area contributed by atoms with E-state index in [1.165, 1.54) is 6.20 Å². The summed E-state index contributed by atoms with van der Waals surface area (Å²) < 4.78 is 25.2. The number of pyridine rings is 1. The van der Waals surface area contributed by atoms with Crippen LogP contribution >= 0.6 is 15.9 Å². The van der Waals surface area contributed by atoms with E-state index in [2.05, 4.69) is 20.9 Å². The van der Waals surface area contributed by atoms with E-state index >= 15 is 0 Å². The first-order valence-electron chi connectivity index (χ1n) is 3.86. The van der Waals surface area contributed by atoms with Gasteiger partial charge in [0.05, 0.1) is 11.1 Å². The maximum atomic E-state index is 12.6. The number of hydrogen-bond acceptors (Lipinski definition) is 3. The Labute approximate surface area is 92.9 Å². The molecule has 1 aromatic heterocycles. The third-order valence-electron chi connectivity index (χ3n) is 1.81. The standard InChI is InChI=1S/C9H5BrF2N2O/c10-1-5-3-14-7(4-15)8(9(11)12)6(5)2-13/h3-4,9H,1H2. The molecule has 0 amide bonds. The Morgan fingerprint density at radius 2 is 2.33 bits per heavy atom. The quantitative estimate of drug-likeness (QED) is 0.629. The van der Waals surface area contributed by atoms with Gasteiger partial charge in [-0.1, -0.05) is 15.9 Å². The second-order valence-electron chi connectivity index (χ2n) is 2.62. The van der Waals surface area contributed by atoms with Crippen molar-refractivity contribution in [2.45, 2.75) is 11.8 Å². The molecule has 3 nitrogen and oxygen atoms in total. The van der Waals surface area contributed by atoms with Crippen LogP contribution in [0.5, 0.6) is 0 Å². The van der Waals surface area contributed by atoms with Crippen molar-refractivity contribution in [3.05, 3.63) is 28.6 Å². The number of carbonyl (C=O) groups excluding carboxylic acids is 1. The second-order valence-corrected chi connectivity index (χ2v) is 3.18. The zero-order valence-corrected chi connectivity index (χ0v) is 8.96. The maximum Gasteiger partial charge on any atom is 0.267 e. The van der Waals surface area contributed by atoms with Crippen LogP contribution in [0.1, 0.15) is 33.6 Å². The van der Waals surface area contributed by atoms with Crippen molar-refractivity contribution in [2.24, 2.45) is 0 Å². The fourth-order valence-electron chi connectivity index (χ4n) is 1.13. The summed E-state index contributed by atoms with van der Waals surface area (Å²) in [5.41, 5.74) is -0.812. The second kappa shape index (κ2) is 4.94. The van der Waals surface area contributed by atoms with E-state index in [1.54, 1.807) is 6.07 Å². The summed E-state index contributed by atoms with van der Waals surface area (Å²) in [7, 11) is 0. The Hall–Kier alpha value is -1.35. The monoisotopic (exact) mass is 274 g/mol. The van der Waals surface area contributed by atoms with Crippen LogP contribution in [-0.2, 0) is 5.33 Å². The predicted molar refractivity (Wildman–Crippen MR) is 51.9 cm³/mol. The van der Waals surface area contributed by atoms with E-state index in [1.807, 2.05) is 0 Å². The lowest BCUT2D eigenvalue weighted by Gasteiger charge is -2.08. The Bertz CT molecular complexity index is 429. The Kier molecular flexibility index (Phi) is 3.86. The molecular weight excluding hydrogens is 270 g/mol. The topological polar surface area (TPSA) is 53.8 Å². The number of carbonyl (C=O) groups is 1. The Morgan fingerprint density at radius 1 is 1.67 bits per heavy atom. The number of hydrogen-bond donors (Lipinski definition) is 0. The fraction of sp³-hybridized carbons (Fsp3) is 0.222. The summed E-state index contributed by atoms with van der Waals surface area (Å²) in [5.74, 6) is 0. The normalized spacial score (nSPS) is 10.1. The van der Waals surface area contributed by atoms with Crippen LogP contribution in [0.4, 0.5) is 8.78 Å². The number of nitriles is 1. The first-order valence-corrected chi connectivity index (χ1v) is 4.99. The smallest absolute Gasteiger partial charge is 0.267 e. The summed E-state index contributed by atoms with van der Waals surface area (Å²) >= 11 is 3.05. The molecule has 78 valence electrons. The summed E-state index contributed by atoms with van der Waals surface area (Å²) in [4.78, 5) is 14.1. The summed E-state index contributed by atoms with van der Waals surface area (Å²) in [6.45, 7) is 0. The van der Waals surface area contributed by atoms with Gasteiger partial charge >= 0.3 is 0 Å². The third kappa shape index (κ3) is 2.18. The minimum atomic E-state index is -2.88. The molecule has 0 atom stereocenters. The van der Waals surface area contributed by atoms with E-state index in [0.29, 0.717) is 5.56 Å². The molecule has 0 radical (unpaired) electrons. The minimum absolute atomic E-state index is 0.182. The first kappa shape index (κ1) is 11.7. The highest BCUT2D eigenvalue weighted by molar-refractivity contribution is 9.08. The molecule has 1 aromatic rings. The average Bonchev–Trinajstić information content (AvgIpc) is 2.26. The van der Waals surface area contributed by atoms with Gasteiger partial charge in [-0.25, -0.2) is 8.78 Å². The number of halogens is 3. The average molecular weight is 275 g/mol. The van der Waals surface area contributed by atoms with Gasteiger partial charge < -0.3 is 0 Å². The zero-order valence-electron chi connectivity index (χ0n) is 7.38. The molecule has 0 fully saturated rings. The fourth-order valence-corrected chi connectivity index (χ4v) is 1.56. The number of alkyl halides is 3. The molecule has 0 N–H and O–H groups in total. The van der Waals surface area contributed by atoms with Gasteiger partial charge in [0.2, 0.25) is 0 Å². The van der Waals surface area contributed by atoms with E-state index in [9.17, 15) is 13.6 Å². The molecule has 0 aliphatic rings. The van der Waals surface area contributed by atoms with Gasteiger partial charge in [0, 0.05) is 11.5 Å². The van der Waals surface area contributed by atoms with Crippen molar-refractivity contribution in [1.82, 2.24) is 4.98 Å². The molecule has 6 heteroatoms. The summed E-state index contributed by atoms with van der Waals surface area (Å²) in [6.07, 6.45) is -1.42. The van der Waals surface area contributed by atoms with Crippen LogP contribution in [0.15, 0.2) is 6.20 Å². The number of rotatable bonds is 3. The van der Waals surface area contributed by atoms with Crippen molar-refractivity contribution in [2.75, 3.05) is 0 Å². The molecule has 0 saturated carbocycles. The molecule has 0 unspecified atom stereocenters. The molecule has 1 heterocycles. The highest BCUT2D eigenvalue weighted by Crippen LogP contribution is 2.27. The highest BCUT2D eigenvalue weighted by Gasteiger charge is 2.21. The summed E-state index contributed by atoms with van der Waals surface area (Å²) in [6, 6.07) is 1.66. The van der Waals surface area contributed by atoms with Gasteiger partial charge in [-0.05, 0) is 5.56 Å². The Morgan fingerprint density at radius 3 is 2.73 bits per heavy atom. The zero-order chi connectivity index (χ0) is 11.4. The van der Waals surface area contributed by atoms with Gasteiger partial charge in [0.15, 0.2) is 6.29 Å². The van der Waals surface area contributed by atoms with Crippen LogP contribution in [0.2, 0.25) is 0 Å². The molecule has 0 aliphatic carbocycles. The minimum Gasteiger partial charge on any atom is -0.296 e. The van der Waals surface area contributed by atoms with Crippen molar-refractivity contribution in [1.29, 1.82) is 5.26 Å². The molecule has 15 heavy (non-hydrogen) atoms. The van der Waals surface area contributed by atoms with Gasteiger partial charge in [-0.15, -0.1) is 0 Å². The van der Waals surface area contributed by atoms with Gasteiger partial charge in [-0.3, -0.25) is 9.78 Å².